The summed E-state index contributed by atoms with van der Waals surface area (Å²) in [6.45, 7) is 0. The van der Waals surface area contributed by atoms with Crippen molar-refractivity contribution in [3.8, 4) is 0 Å². The zero-order valence-electron chi connectivity index (χ0n) is 12.0. The van der Waals surface area contributed by atoms with Gasteiger partial charge in [0.05, 0.1) is 5.92 Å². The van der Waals surface area contributed by atoms with E-state index in [0.717, 1.165) is 25.7 Å². The van der Waals surface area contributed by atoms with Crippen LogP contribution in [0.25, 0.3) is 0 Å². The molecule has 1 aliphatic carbocycles. The van der Waals surface area contributed by atoms with Crippen LogP contribution in [0.3, 0.4) is 0 Å². The van der Waals surface area contributed by atoms with Gasteiger partial charge in [-0.25, -0.2) is 4.39 Å². The van der Waals surface area contributed by atoms with Crippen molar-refractivity contribution in [3.05, 3.63) is 35.6 Å². The molecule has 112 valence electrons. The van der Waals surface area contributed by atoms with Crippen LogP contribution < -0.4 is 5.32 Å². The summed E-state index contributed by atoms with van der Waals surface area (Å²) >= 11 is 0. The highest BCUT2D eigenvalue weighted by Crippen LogP contribution is 2.42. The molecule has 1 N–H and O–H groups in total. The number of amides is 2. The third-order valence-electron chi connectivity index (χ3n) is 4.86. The molecule has 4 heteroatoms. The normalized spacial score (nSPS) is 27.5. The molecule has 1 aromatic carbocycles. The molecule has 3 rings (SSSR count). The predicted molar refractivity (Wildman–Crippen MR) is 77.0 cm³/mol. The number of nitrogens with one attached hydrogen (secondary N) is 1. The number of hydrogen-bond donors (Lipinski definition) is 1. The molecular weight excluding hydrogens is 269 g/mol. The monoisotopic (exact) mass is 289 g/mol. The SMILES string of the molecule is O=C1CC(C2CCCCC2)C(c2cccc(F)c2)C(=O)N1. The molecule has 1 saturated heterocycles. The summed E-state index contributed by atoms with van der Waals surface area (Å²) in [6.07, 6.45) is 6.05. The summed E-state index contributed by atoms with van der Waals surface area (Å²) in [5, 5.41) is 2.42. The second-order valence-corrected chi connectivity index (χ2v) is 6.21. The van der Waals surface area contributed by atoms with Crippen LogP contribution >= 0.6 is 0 Å². The molecule has 1 aromatic rings. The Kier molecular flexibility index (Phi) is 4.04. The highest BCUT2D eigenvalue weighted by atomic mass is 19.1. The lowest BCUT2D eigenvalue weighted by molar-refractivity contribution is -0.137. The van der Waals surface area contributed by atoms with E-state index in [0.29, 0.717) is 17.9 Å². The maximum absolute atomic E-state index is 13.5. The van der Waals surface area contributed by atoms with Gasteiger partial charge in [0.25, 0.3) is 0 Å². The summed E-state index contributed by atoms with van der Waals surface area (Å²) < 4.78 is 13.5. The van der Waals surface area contributed by atoms with Crippen LogP contribution in [0, 0.1) is 17.7 Å². The van der Waals surface area contributed by atoms with Crippen LogP contribution in [0.4, 0.5) is 4.39 Å². The molecule has 3 nitrogen and oxygen atoms in total. The number of hydrogen-bond acceptors (Lipinski definition) is 2. The first-order chi connectivity index (χ1) is 10.1. The van der Waals surface area contributed by atoms with Crippen molar-refractivity contribution in [2.75, 3.05) is 0 Å². The van der Waals surface area contributed by atoms with Crippen LogP contribution in [0.2, 0.25) is 0 Å². The zero-order chi connectivity index (χ0) is 14.8. The molecule has 2 aliphatic rings. The van der Waals surface area contributed by atoms with Gasteiger partial charge in [-0.2, -0.15) is 0 Å². The minimum Gasteiger partial charge on any atom is -0.296 e. The lowest BCUT2D eigenvalue weighted by Crippen LogP contribution is -2.46. The largest absolute Gasteiger partial charge is 0.296 e. The molecule has 1 aliphatic heterocycles. The summed E-state index contributed by atoms with van der Waals surface area (Å²) in [5.74, 6) is -0.799. The van der Waals surface area contributed by atoms with E-state index < -0.39 is 5.92 Å². The second-order valence-electron chi connectivity index (χ2n) is 6.21. The van der Waals surface area contributed by atoms with Gasteiger partial charge in [0, 0.05) is 6.42 Å². The van der Waals surface area contributed by atoms with E-state index in [9.17, 15) is 14.0 Å². The Labute approximate surface area is 123 Å². The molecule has 0 bridgehead atoms. The molecular formula is C17H20FNO2. The van der Waals surface area contributed by atoms with Crippen molar-refractivity contribution in [2.24, 2.45) is 11.8 Å². The average molecular weight is 289 g/mol. The van der Waals surface area contributed by atoms with E-state index in [1.807, 2.05) is 0 Å². The molecule has 1 saturated carbocycles. The molecule has 0 aromatic heterocycles. The molecule has 2 unspecified atom stereocenters. The third kappa shape index (κ3) is 2.99. The van der Waals surface area contributed by atoms with Crippen molar-refractivity contribution in [1.29, 1.82) is 0 Å². The molecule has 0 radical (unpaired) electrons. The summed E-state index contributed by atoms with van der Waals surface area (Å²) in [7, 11) is 0. The number of halogens is 1. The van der Waals surface area contributed by atoms with E-state index in [1.54, 1.807) is 12.1 Å². The van der Waals surface area contributed by atoms with E-state index in [4.69, 9.17) is 0 Å². The molecule has 1 heterocycles. The Hall–Kier alpha value is -1.71. The van der Waals surface area contributed by atoms with Gasteiger partial charge in [-0.15, -0.1) is 0 Å². The van der Waals surface area contributed by atoms with Gasteiger partial charge < -0.3 is 0 Å². The fourth-order valence-electron chi connectivity index (χ4n) is 3.89. The van der Waals surface area contributed by atoms with Gasteiger partial charge in [0.1, 0.15) is 5.82 Å². The van der Waals surface area contributed by atoms with Gasteiger partial charge in [-0.3, -0.25) is 14.9 Å². The van der Waals surface area contributed by atoms with Gasteiger partial charge >= 0.3 is 0 Å². The van der Waals surface area contributed by atoms with Crippen LogP contribution in [-0.2, 0) is 9.59 Å². The first-order valence-electron chi connectivity index (χ1n) is 7.74. The number of imide groups is 1. The zero-order valence-corrected chi connectivity index (χ0v) is 12.0. The average Bonchev–Trinajstić information content (AvgIpc) is 2.47. The van der Waals surface area contributed by atoms with Gasteiger partial charge in [-0.1, -0.05) is 44.2 Å². The minimum absolute atomic E-state index is 0.00773. The summed E-state index contributed by atoms with van der Waals surface area (Å²) in [5.41, 5.74) is 0.690. The topological polar surface area (TPSA) is 46.2 Å². The van der Waals surface area contributed by atoms with Crippen LogP contribution in [0.15, 0.2) is 24.3 Å². The Morgan fingerprint density at radius 3 is 2.57 bits per heavy atom. The predicted octanol–water partition coefficient (Wildman–Crippen LogP) is 3.15. The summed E-state index contributed by atoms with van der Waals surface area (Å²) in [4.78, 5) is 24.1. The Bertz CT molecular complexity index is 551. The Morgan fingerprint density at radius 1 is 1.10 bits per heavy atom. The van der Waals surface area contributed by atoms with E-state index in [2.05, 4.69) is 5.32 Å². The maximum Gasteiger partial charge on any atom is 0.234 e. The lowest BCUT2D eigenvalue weighted by atomic mass is 9.69. The number of carbonyl (C=O) groups is 2. The number of benzene rings is 1. The smallest absolute Gasteiger partial charge is 0.234 e. The van der Waals surface area contributed by atoms with Crippen LogP contribution in [-0.4, -0.2) is 11.8 Å². The van der Waals surface area contributed by atoms with E-state index >= 15 is 0 Å². The van der Waals surface area contributed by atoms with Gasteiger partial charge in [0.2, 0.25) is 11.8 Å². The number of carbonyl (C=O) groups excluding carboxylic acids is 2. The van der Waals surface area contributed by atoms with Crippen molar-refractivity contribution in [2.45, 2.75) is 44.4 Å². The quantitative estimate of drug-likeness (QED) is 0.850. The highest BCUT2D eigenvalue weighted by Gasteiger charge is 2.41. The highest BCUT2D eigenvalue weighted by molar-refractivity contribution is 6.01. The van der Waals surface area contributed by atoms with E-state index in [1.165, 1.54) is 18.6 Å². The van der Waals surface area contributed by atoms with Crippen LogP contribution in [0.5, 0.6) is 0 Å². The number of piperidine rings is 1. The Morgan fingerprint density at radius 2 is 1.86 bits per heavy atom. The molecule has 2 amide bonds. The first-order valence-corrected chi connectivity index (χ1v) is 7.74. The maximum atomic E-state index is 13.5. The van der Waals surface area contributed by atoms with Crippen molar-refractivity contribution in [3.63, 3.8) is 0 Å². The molecule has 2 fully saturated rings. The minimum atomic E-state index is -0.401. The number of rotatable bonds is 2. The Balaban J connectivity index is 1.92. The standard InChI is InChI=1S/C17H20FNO2/c18-13-8-4-7-12(9-13)16-14(10-15(20)19-17(16)21)11-5-2-1-3-6-11/h4,7-9,11,14,16H,1-3,5-6,10H2,(H,19,20,21). The van der Waals surface area contributed by atoms with Crippen LogP contribution in [0.1, 0.15) is 50.0 Å². The fraction of sp³-hybridized carbons (Fsp3) is 0.529. The summed E-state index contributed by atoms with van der Waals surface area (Å²) in [6, 6.07) is 6.23. The van der Waals surface area contributed by atoms with E-state index in [-0.39, 0.29) is 23.5 Å². The first kappa shape index (κ1) is 14.2. The van der Waals surface area contributed by atoms with Gasteiger partial charge in [0.15, 0.2) is 0 Å². The second kappa shape index (κ2) is 5.96. The van der Waals surface area contributed by atoms with Crippen molar-refractivity contribution in [1.82, 2.24) is 5.32 Å². The lowest BCUT2D eigenvalue weighted by Gasteiger charge is -2.37. The van der Waals surface area contributed by atoms with Gasteiger partial charge in [-0.05, 0) is 29.5 Å². The molecule has 0 spiro atoms. The van der Waals surface area contributed by atoms with Crippen molar-refractivity contribution < 1.29 is 14.0 Å². The van der Waals surface area contributed by atoms with Crippen molar-refractivity contribution >= 4 is 11.8 Å². The molecule has 21 heavy (non-hydrogen) atoms. The third-order valence-corrected chi connectivity index (χ3v) is 4.86. The fourth-order valence-corrected chi connectivity index (χ4v) is 3.89. The molecule has 2 atom stereocenters.